The molecule has 0 aromatic carbocycles. The molecule has 1 unspecified atom stereocenters. The molecule has 3 amide bonds. The molecule has 7 nitrogen and oxygen atoms in total. The third-order valence-electron chi connectivity index (χ3n) is 5.19. The highest BCUT2D eigenvalue weighted by atomic mass is 16.4. The number of carboxylic acids is 1. The van der Waals surface area contributed by atoms with Crippen molar-refractivity contribution in [2.24, 2.45) is 11.8 Å². The second-order valence-electron chi connectivity index (χ2n) is 7.88. The van der Waals surface area contributed by atoms with Crippen LogP contribution < -0.4 is 10.6 Å². The zero-order valence-corrected chi connectivity index (χ0v) is 15.3. The van der Waals surface area contributed by atoms with E-state index in [9.17, 15) is 19.5 Å². The van der Waals surface area contributed by atoms with Crippen molar-refractivity contribution in [1.29, 1.82) is 0 Å². The van der Waals surface area contributed by atoms with Crippen molar-refractivity contribution in [3.63, 3.8) is 0 Å². The van der Waals surface area contributed by atoms with Crippen LogP contribution in [0.2, 0.25) is 0 Å². The number of likely N-dealkylation sites (tertiary alicyclic amines) is 1. The summed E-state index contributed by atoms with van der Waals surface area (Å²) in [5.74, 6) is -0.657. The van der Waals surface area contributed by atoms with E-state index in [0.717, 1.165) is 25.7 Å². The quantitative estimate of drug-likeness (QED) is 0.680. The van der Waals surface area contributed by atoms with Crippen molar-refractivity contribution < 1.29 is 19.5 Å². The number of piperidine rings is 1. The van der Waals surface area contributed by atoms with Gasteiger partial charge in [0.15, 0.2) is 0 Å². The van der Waals surface area contributed by atoms with E-state index in [1.54, 1.807) is 4.90 Å². The summed E-state index contributed by atoms with van der Waals surface area (Å²) in [5.41, 5.74) is -1.08. The molecule has 0 radical (unpaired) electrons. The summed E-state index contributed by atoms with van der Waals surface area (Å²) in [7, 11) is 0. The molecule has 0 aromatic rings. The summed E-state index contributed by atoms with van der Waals surface area (Å²) in [6, 6.07) is -0.0726. The average molecular weight is 353 g/mol. The van der Waals surface area contributed by atoms with Crippen molar-refractivity contribution in [1.82, 2.24) is 15.5 Å². The Labute approximate surface area is 149 Å². The van der Waals surface area contributed by atoms with Crippen LogP contribution in [0.25, 0.3) is 0 Å². The maximum Gasteiger partial charge on any atom is 0.329 e. The maximum absolute atomic E-state index is 12.4. The van der Waals surface area contributed by atoms with Crippen LogP contribution in [-0.4, -0.2) is 53.1 Å². The lowest BCUT2D eigenvalue weighted by atomic mass is 9.92. The molecule has 142 valence electrons. The van der Waals surface area contributed by atoms with Gasteiger partial charge in [0, 0.05) is 26.1 Å². The van der Waals surface area contributed by atoms with E-state index in [1.807, 2.05) is 13.8 Å². The number of carbonyl (C=O) groups is 3. The number of hydrogen-bond acceptors (Lipinski definition) is 3. The van der Waals surface area contributed by atoms with Crippen molar-refractivity contribution in [3.05, 3.63) is 0 Å². The molecule has 1 saturated carbocycles. The van der Waals surface area contributed by atoms with Crippen LogP contribution in [0.5, 0.6) is 0 Å². The van der Waals surface area contributed by atoms with Gasteiger partial charge in [-0.15, -0.1) is 0 Å². The normalized spacial score (nSPS) is 22.7. The molecule has 2 fully saturated rings. The molecule has 1 aliphatic carbocycles. The van der Waals surface area contributed by atoms with Crippen LogP contribution in [0, 0.1) is 11.8 Å². The minimum absolute atomic E-state index is 0.0726. The Morgan fingerprint density at radius 1 is 1.20 bits per heavy atom. The molecule has 7 heteroatoms. The van der Waals surface area contributed by atoms with Crippen LogP contribution in [0.4, 0.5) is 4.79 Å². The Morgan fingerprint density at radius 2 is 1.88 bits per heavy atom. The summed E-state index contributed by atoms with van der Waals surface area (Å²) >= 11 is 0. The average Bonchev–Trinajstić information content (AvgIpc) is 3.02. The minimum atomic E-state index is -1.08. The van der Waals surface area contributed by atoms with E-state index < -0.39 is 11.5 Å². The van der Waals surface area contributed by atoms with Gasteiger partial charge in [0.05, 0.1) is 0 Å². The minimum Gasteiger partial charge on any atom is -0.480 e. The zero-order chi connectivity index (χ0) is 18.4. The van der Waals surface area contributed by atoms with Crippen LogP contribution in [0.15, 0.2) is 0 Å². The molecule has 1 aliphatic heterocycles. The maximum atomic E-state index is 12.4. The first kappa shape index (κ1) is 19.5. The predicted octanol–water partition coefficient (Wildman–Crippen LogP) is 1.97. The third kappa shape index (κ3) is 5.34. The molecular weight excluding hydrogens is 322 g/mol. The van der Waals surface area contributed by atoms with Crippen LogP contribution in [0.1, 0.15) is 58.8 Å². The zero-order valence-electron chi connectivity index (χ0n) is 15.3. The van der Waals surface area contributed by atoms with E-state index in [1.165, 1.54) is 0 Å². The molecule has 1 atom stereocenters. The van der Waals surface area contributed by atoms with Gasteiger partial charge in [0.25, 0.3) is 0 Å². The molecule has 1 saturated heterocycles. The lowest BCUT2D eigenvalue weighted by Crippen LogP contribution is -2.53. The van der Waals surface area contributed by atoms with Crippen molar-refractivity contribution >= 4 is 17.9 Å². The van der Waals surface area contributed by atoms with Crippen LogP contribution >= 0.6 is 0 Å². The van der Waals surface area contributed by atoms with E-state index in [4.69, 9.17) is 0 Å². The molecule has 0 spiro atoms. The second-order valence-corrected chi connectivity index (χ2v) is 7.88. The van der Waals surface area contributed by atoms with E-state index in [2.05, 4.69) is 10.6 Å². The number of aliphatic carboxylic acids is 1. The van der Waals surface area contributed by atoms with E-state index in [-0.39, 0.29) is 24.3 Å². The monoisotopic (exact) mass is 353 g/mol. The topological polar surface area (TPSA) is 98.7 Å². The van der Waals surface area contributed by atoms with Crippen molar-refractivity contribution in [2.75, 3.05) is 19.6 Å². The number of hydrogen-bond donors (Lipinski definition) is 3. The van der Waals surface area contributed by atoms with E-state index in [0.29, 0.717) is 38.4 Å². The van der Waals surface area contributed by atoms with Gasteiger partial charge in [-0.2, -0.15) is 0 Å². The number of urea groups is 1. The number of carbonyl (C=O) groups excluding carboxylic acids is 2. The predicted molar refractivity (Wildman–Crippen MR) is 94.1 cm³/mol. The Morgan fingerprint density at radius 3 is 2.48 bits per heavy atom. The number of amides is 3. The lowest BCUT2D eigenvalue weighted by Gasteiger charge is -2.33. The molecule has 0 bridgehead atoms. The highest BCUT2D eigenvalue weighted by Crippen LogP contribution is 2.30. The van der Waals surface area contributed by atoms with Gasteiger partial charge in [-0.25, -0.2) is 9.59 Å². The number of carboxylic acid groups (broad SMARTS) is 1. The first-order chi connectivity index (χ1) is 11.8. The SMILES string of the molecule is CC(C)CNC(=O)N1CCCC(CC(=O)NC2(C(=O)O)CCCC2)C1. The van der Waals surface area contributed by atoms with Gasteiger partial charge in [-0.3, -0.25) is 4.79 Å². The van der Waals surface area contributed by atoms with Gasteiger partial charge in [0.2, 0.25) is 5.91 Å². The number of rotatable bonds is 6. The summed E-state index contributed by atoms with van der Waals surface area (Å²) in [4.78, 5) is 37.9. The molecule has 2 aliphatic rings. The molecule has 0 aromatic heterocycles. The first-order valence-corrected chi connectivity index (χ1v) is 9.39. The smallest absolute Gasteiger partial charge is 0.329 e. The first-order valence-electron chi connectivity index (χ1n) is 9.39. The molecule has 25 heavy (non-hydrogen) atoms. The van der Waals surface area contributed by atoms with Gasteiger partial charge < -0.3 is 20.6 Å². The summed E-state index contributed by atoms with van der Waals surface area (Å²) in [6.07, 6.45) is 4.71. The largest absolute Gasteiger partial charge is 0.480 e. The fourth-order valence-corrected chi connectivity index (χ4v) is 3.77. The Bertz CT molecular complexity index is 501. The van der Waals surface area contributed by atoms with Gasteiger partial charge >= 0.3 is 12.0 Å². The Kier molecular flexibility index (Phi) is 6.67. The molecular formula is C18H31N3O4. The number of nitrogens with zero attached hydrogens (tertiary/aromatic N) is 1. The van der Waals surface area contributed by atoms with Crippen molar-refractivity contribution in [2.45, 2.75) is 64.3 Å². The fourth-order valence-electron chi connectivity index (χ4n) is 3.77. The molecule has 2 rings (SSSR count). The molecule has 1 heterocycles. The van der Waals surface area contributed by atoms with Crippen LogP contribution in [0.3, 0.4) is 0 Å². The standard InChI is InChI=1S/C18H31N3O4/c1-13(2)11-19-17(25)21-9-5-6-14(12-21)10-15(22)20-18(16(23)24)7-3-4-8-18/h13-14H,3-12H2,1-2H3,(H,19,25)(H,20,22)(H,23,24). The fraction of sp³-hybridized carbons (Fsp3) is 0.833. The Hall–Kier alpha value is -1.79. The van der Waals surface area contributed by atoms with Crippen LogP contribution in [-0.2, 0) is 9.59 Å². The highest BCUT2D eigenvalue weighted by molar-refractivity contribution is 5.87. The van der Waals surface area contributed by atoms with Gasteiger partial charge in [0.1, 0.15) is 5.54 Å². The number of nitrogens with one attached hydrogen (secondary N) is 2. The third-order valence-corrected chi connectivity index (χ3v) is 5.19. The second kappa shape index (κ2) is 8.54. The summed E-state index contributed by atoms with van der Waals surface area (Å²) in [5, 5.41) is 15.1. The summed E-state index contributed by atoms with van der Waals surface area (Å²) in [6.45, 7) is 6.00. The Balaban J connectivity index is 1.84. The van der Waals surface area contributed by atoms with E-state index >= 15 is 0 Å². The van der Waals surface area contributed by atoms with Gasteiger partial charge in [-0.05, 0) is 37.5 Å². The highest BCUT2D eigenvalue weighted by Gasteiger charge is 2.42. The summed E-state index contributed by atoms with van der Waals surface area (Å²) < 4.78 is 0. The van der Waals surface area contributed by atoms with Gasteiger partial charge in [-0.1, -0.05) is 26.7 Å². The lowest BCUT2D eigenvalue weighted by molar-refractivity contribution is -0.147. The molecule has 3 N–H and O–H groups in total. The van der Waals surface area contributed by atoms with Crippen molar-refractivity contribution in [3.8, 4) is 0 Å².